The number of hydrogen-bond donors (Lipinski definition) is 2. The highest BCUT2D eigenvalue weighted by atomic mass is 127. The topological polar surface area (TPSA) is 60.0 Å². The molecule has 0 aromatic heterocycles. The standard InChI is InChI=1S/C22H37N5O.HI/c1-4-23-22(24-14-8-16-27-15-7-5-6-9-21(27)28)25-17-19-10-12-20(13-11-19)18-26(2)3;/h10-13H,4-9,14-18H2,1-3H3,(H2,23,24,25);1H. The van der Waals surface area contributed by atoms with Gasteiger partial charge in [-0.1, -0.05) is 30.7 Å². The average Bonchev–Trinajstić information content (AvgIpc) is 2.88. The molecule has 2 rings (SSSR count). The van der Waals surface area contributed by atoms with E-state index in [1.54, 1.807) is 0 Å². The molecule has 1 aliphatic rings. The van der Waals surface area contributed by atoms with Crippen LogP contribution in [0.25, 0.3) is 0 Å². The molecule has 164 valence electrons. The number of rotatable bonds is 9. The first kappa shape index (κ1) is 25.7. The van der Waals surface area contributed by atoms with Crippen molar-refractivity contribution in [1.29, 1.82) is 0 Å². The van der Waals surface area contributed by atoms with Crippen molar-refractivity contribution in [2.45, 2.75) is 52.1 Å². The predicted molar refractivity (Wildman–Crippen MR) is 132 cm³/mol. The first-order valence-electron chi connectivity index (χ1n) is 10.6. The van der Waals surface area contributed by atoms with Crippen molar-refractivity contribution in [2.75, 3.05) is 40.3 Å². The fourth-order valence-electron chi connectivity index (χ4n) is 3.38. The minimum absolute atomic E-state index is 0. The van der Waals surface area contributed by atoms with Gasteiger partial charge in [-0.05, 0) is 51.4 Å². The molecule has 1 saturated heterocycles. The number of aliphatic imine (C=N–C) groups is 1. The van der Waals surface area contributed by atoms with Crippen molar-refractivity contribution in [3.8, 4) is 0 Å². The van der Waals surface area contributed by atoms with Gasteiger partial charge in [-0.3, -0.25) is 4.79 Å². The Morgan fingerprint density at radius 2 is 1.83 bits per heavy atom. The first-order valence-corrected chi connectivity index (χ1v) is 10.6. The van der Waals surface area contributed by atoms with E-state index in [4.69, 9.17) is 4.99 Å². The summed E-state index contributed by atoms with van der Waals surface area (Å²) < 4.78 is 0. The molecule has 0 saturated carbocycles. The van der Waals surface area contributed by atoms with E-state index in [0.29, 0.717) is 18.9 Å². The Bertz CT molecular complexity index is 618. The maximum Gasteiger partial charge on any atom is 0.222 e. The Labute approximate surface area is 193 Å². The lowest BCUT2D eigenvalue weighted by Crippen LogP contribution is -2.39. The van der Waals surface area contributed by atoms with Gasteiger partial charge in [0, 0.05) is 39.1 Å². The summed E-state index contributed by atoms with van der Waals surface area (Å²) in [4.78, 5) is 20.9. The predicted octanol–water partition coefficient (Wildman–Crippen LogP) is 3.21. The third kappa shape index (κ3) is 10.3. The van der Waals surface area contributed by atoms with Crippen LogP contribution in [0.2, 0.25) is 0 Å². The summed E-state index contributed by atoms with van der Waals surface area (Å²) in [6.07, 6.45) is 5.01. The van der Waals surface area contributed by atoms with Crippen LogP contribution in [0.4, 0.5) is 0 Å². The van der Waals surface area contributed by atoms with Gasteiger partial charge in [-0.15, -0.1) is 24.0 Å². The lowest BCUT2D eigenvalue weighted by molar-refractivity contribution is -0.130. The minimum atomic E-state index is 0. The number of guanidine groups is 1. The SMILES string of the molecule is CCNC(=NCc1ccc(CN(C)C)cc1)NCCCN1CCCCCC1=O.I. The van der Waals surface area contributed by atoms with Crippen LogP contribution in [0.15, 0.2) is 29.3 Å². The number of nitrogens with one attached hydrogen (secondary N) is 2. The Balaban J connectivity index is 0.00000420. The summed E-state index contributed by atoms with van der Waals surface area (Å²) in [6, 6.07) is 8.64. The molecule has 0 radical (unpaired) electrons. The van der Waals surface area contributed by atoms with E-state index in [0.717, 1.165) is 57.9 Å². The lowest BCUT2D eigenvalue weighted by atomic mass is 10.1. The quantitative estimate of drug-likeness (QED) is 0.230. The molecule has 1 aromatic rings. The first-order chi connectivity index (χ1) is 13.6. The molecule has 1 heterocycles. The van der Waals surface area contributed by atoms with E-state index in [1.807, 2.05) is 4.90 Å². The summed E-state index contributed by atoms with van der Waals surface area (Å²) in [6.45, 7) is 7.07. The molecule has 1 aromatic carbocycles. The van der Waals surface area contributed by atoms with Gasteiger partial charge in [0.15, 0.2) is 5.96 Å². The number of carbonyl (C=O) groups excluding carboxylic acids is 1. The molecule has 7 heteroatoms. The molecular formula is C22H38IN5O. The van der Waals surface area contributed by atoms with Gasteiger partial charge >= 0.3 is 0 Å². The van der Waals surface area contributed by atoms with Crippen molar-refractivity contribution in [1.82, 2.24) is 20.4 Å². The summed E-state index contributed by atoms with van der Waals surface area (Å²) in [5, 5.41) is 6.69. The number of amides is 1. The Morgan fingerprint density at radius 3 is 2.52 bits per heavy atom. The maximum absolute atomic E-state index is 12.1. The third-order valence-corrected chi connectivity index (χ3v) is 4.85. The molecule has 0 aliphatic carbocycles. The summed E-state index contributed by atoms with van der Waals surface area (Å²) in [7, 11) is 4.16. The second-order valence-electron chi connectivity index (χ2n) is 7.72. The molecule has 1 amide bonds. The zero-order valence-corrected chi connectivity index (χ0v) is 20.6. The zero-order chi connectivity index (χ0) is 20.2. The van der Waals surface area contributed by atoms with Crippen molar-refractivity contribution in [3.63, 3.8) is 0 Å². The van der Waals surface area contributed by atoms with Gasteiger partial charge in [-0.25, -0.2) is 4.99 Å². The van der Waals surface area contributed by atoms with Crippen LogP contribution in [0.1, 0.15) is 50.2 Å². The molecule has 1 fully saturated rings. The third-order valence-electron chi connectivity index (χ3n) is 4.85. The highest BCUT2D eigenvalue weighted by Crippen LogP contribution is 2.11. The number of carbonyl (C=O) groups is 1. The number of hydrogen-bond acceptors (Lipinski definition) is 3. The number of nitrogens with zero attached hydrogens (tertiary/aromatic N) is 3. The molecule has 2 N–H and O–H groups in total. The molecular weight excluding hydrogens is 477 g/mol. The van der Waals surface area contributed by atoms with Crippen LogP contribution >= 0.6 is 24.0 Å². The van der Waals surface area contributed by atoms with Crippen LogP contribution in [0.5, 0.6) is 0 Å². The van der Waals surface area contributed by atoms with Gasteiger partial charge in [0.05, 0.1) is 6.54 Å². The second-order valence-corrected chi connectivity index (χ2v) is 7.72. The molecule has 0 atom stereocenters. The van der Waals surface area contributed by atoms with Crippen molar-refractivity contribution < 1.29 is 4.79 Å². The van der Waals surface area contributed by atoms with Gasteiger partial charge in [-0.2, -0.15) is 0 Å². The smallest absolute Gasteiger partial charge is 0.222 e. The fourth-order valence-corrected chi connectivity index (χ4v) is 3.38. The van der Waals surface area contributed by atoms with Gasteiger partial charge in [0.1, 0.15) is 0 Å². The Hall–Kier alpha value is -1.35. The monoisotopic (exact) mass is 515 g/mol. The zero-order valence-electron chi connectivity index (χ0n) is 18.2. The van der Waals surface area contributed by atoms with Crippen LogP contribution in [-0.2, 0) is 17.9 Å². The van der Waals surface area contributed by atoms with Gasteiger partial charge < -0.3 is 20.4 Å². The highest BCUT2D eigenvalue weighted by molar-refractivity contribution is 14.0. The Morgan fingerprint density at radius 1 is 1.10 bits per heavy atom. The van der Waals surface area contributed by atoms with E-state index >= 15 is 0 Å². The fraction of sp³-hybridized carbons (Fsp3) is 0.636. The number of likely N-dealkylation sites (tertiary alicyclic amines) is 1. The molecule has 6 nitrogen and oxygen atoms in total. The highest BCUT2D eigenvalue weighted by Gasteiger charge is 2.15. The minimum Gasteiger partial charge on any atom is -0.357 e. The number of benzene rings is 1. The second kappa shape index (κ2) is 14.6. The summed E-state index contributed by atoms with van der Waals surface area (Å²) in [5.41, 5.74) is 2.51. The maximum atomic E-state index is 12.1. The van der Waals surface area contributed by atoms with Crippen molar-refractivity contribution in [2.24, 2.45) is 4.99 Å². The molecule has 1 aliphatic heterocycles. The number of halogens is 1. The van der Waals surface area contributed by atoms with Crippen LogP contribution in [0.3, 0.4) is 0 Å². The van der Waals surface area contributed by atoms with Crippen LogP contribution in [0, 0.1) is 0 Å². The van der Waals surface area contributed by atoms with Gasteiger partial charge in [0.25, 0.3) is 0 Å². The summed E-state index contributed by atoms with van der Waals surface area (Å²) >= 11 is 0. The molecule has 0 unspecified atom stereocenters. The Kier molecular flexibility index (Phi) is 12.9. The lowest BCUT2D eigenvalue weighted by Gasteiger charge is -2.20. The largest absolute Gasteiger partial charge is 0.357 e. The molecule has 0 spiro atoms. The van der Waals surface area contributed by atoms with Crippen LogP contribution < -0.4 is 10.6 Å². The van der Waals surface area contributed by atoms with Crippen molar-refractivity contribution in [3.05, 3.63) is 35.4 Å². The van der Waals surface area contributed by atoms with Crippen molar-refractivity contribution >= 4 is 35.8 Å². The van der Waals surface area contributed by atoms with E-state index in [1.165, 1.54) is 17.5 Å². The normalized spacial score (nSPS) is 15.1. The van der Waals surface area contributed by atoms with E-state index in [2.05, 4.69) is 60.8 Å². The molecule has 0 bridgehead atoms. The summed E-state index contributed by atoms with van der Waals surface area (Å²) in [5.74, 6) is 1.15. The molecule has 29 heavy (non-hydrogen) atoms. The van der Waals surface area contributed by atoms with Gasteiger partial charge in [0.2, 0.25) is 5.91 Å². The van der Waals surface area contributed by atoms with Crippen LogP contribution in [-0.4, -0.2) is 61.9 Å². The van der Waals surface area contributed by atoms with E-state index in [-0.39, 0.29) is 24.0 Å². The average molecular weight is 515 g/mol. The van der Waals surface area contributed by atoms with E-state index < -0.39 is 0 Å². The van der Waals surface area contributed by atoms with E-state index in [9.17, 15) is 4.79 Å².